The van der Waals surface area contributed by atoms with Gasteiger partial charge >= 0.3 is 6.01 Å². The van der Waals surface area contributed by atoms with Gasteiger partial charge in [-0.25, -0.2) is 0 Å². The highest BCUT2D eigenvalue weighted by atomic mass is 35.5. The highest BCUT2D eigenvalue weighted by Gasteiger charge is 2.17. The molecule has 2 rings (SSSR count). The fourth-order valence-electron chi connectivity index (χ4n) is 2.13. The third-order valence-electron chi connectivity index (χ3n) is 3.60. The Morgan fingerprint density at radius 3 is 2.53 bits per heavy atom. The van der Waals surface area contributed by atoms with Crippen LogP contribution in [0.4, 0.5) is 5.95 Å². The van der Waals surface area contributed by atoms with Crippen molar-refractivity contribution in [1.82, 2.24) is 15.0 Å². The van der Waals surface area contributed by atoms with E-state index in [2.05, 4.69) is 28.8 Å². The van der Waals surface area contributed by atoms with Crippen molar-refractivity contribution in [3.05, 3.63) is 5.28 Å². The second-order valence-electron chi connectivity index (χ2n) is 4.79. The lowest BCUT2D eigenvalue weighted by molar-refractivity contribution is 0.211. The second-order valence-corrected chi connectivity index (χ2v) is 5.13. The molecule has 5 nitrogen and oxygen atoms in total. The Balaban J connectivity index is 1.94. The number of rotatable bonds is 7. The number of nitrogens with zero attached hydrogens (tertiary/aromatic N) is 4. The summed E-state index contributed by atoms with van der Waals surface area (Å²) in [4.78, 5) is 14.5. The average molecular weight is 285 g/mol. The Kier molecular flexibility index (Phi) is 5.19. The molecule has 1 aliphatic carbocycles. The molecule has 1 saturated carbocycles. The number of ether oxygens (including phenoxy) is 1. The van der Waals surface area contributed by atoms with Crippen molar-refractivity contribution in [3.8, 4) is 6.01 Å². The van der Waals surface area contributed by atoms with Crippen molar-refractivity contribution < 1.29 is 4.74 Å². The van der Waals surface area contributed by atoms with E-state index in [1.54, 1.807) is 0 Å². The summed E-state index contributed by atoms with van der Waals surface area (Å²) in [6.45, 7) is 6.43. The maximum absolute atomic E-state index is 5.92. The van der Waals surface area contributed by atoms with E-state index in [0.717, 1.165) is 25.4 Å². The van der Waals surface area contributed by atoms with Crippen LogP contribution < -0.4 is 9.64 Å². The smallest absolute Gasteiger partial charge is 0.322 e. The first kappa shape index (κ1) is 14.3. The summed E-state index contributed by atoms with van der Waals surface area (Å²) in [6.07, 6.45) is 5.08. The van der Waals surface area contributed by atoms with Crippen molar-refractivity contribution in [2.24, 2.45) is 5.92 Å². The molecule has 0 atom stereocenters. The van der Waals surface area contributed by atoms with E-state index in [9.17, 15) is 0 Å². The van der Waals surface area contributed by atoms with Crippen LogP contribution in [-0.2, 0) is 0 Å². The molecule has 1 heterocycles. The summed E-state index contributed by atoms with van der Waals surface area (Å²) < 4.78 is 5.60. The van der Waals surface area contributed by atoms with Gasteiger partial charge in [-0.3, -0.25) is 0 Å². The zero-order valence-corrected chi connectivity index (χ0v) is 12.4. The van der Waals surface area contributed by atoms with E-state index >= 15 is 0 Å². The van der Waals surface area contributed by atoms with Crippen molar-refractivity contribution in [2.75, 3.05) is 24.6 Å². The van der Waals surface area contributed by atoms with Crippen LogP contribution in [-0.4, -0.2) is 34.6 Å². The Labute approximate surface area is 119 Å². The summed E-state index contributed by atoms with van der Waals surface area (Å²) in [5.74, 6) is 1.41. The minimum Gasteiger partial charge on any atom is -0.463 e. The van der Waals surface area contributed by atoms with E-state index in [1.807, 2.05) is 4.90 Å². The molecule has 0 radical (unpaired) electrons. The van der Waals surface area contributed by atoms with Gasteiger partial charge in [0.05, 0.1) is 6.61 Å². The fourth-order valence-corrected chi connectivity index (χ4v) is 2.28. The predicted octanol–water partition coefficient (Wildman–Crippen LogP) is 2.94. The summed E-state index contributed by atoms with van der Waals surface area (Å²) in [7, 11) is 0. The molecule has 0 spiro atoms. The van der Waals surface area contributed by atoms with E-state index < -0.39 is 0 Å². The van der Waals surface area contributed by atoms with Crippen LogP contribution in [0.15, 0.2) is 0 Å². The van der Waals surface area contributed by atoms with Gasteiger partial charge < -0.3 is 9.64 Å². The van der Waals surface area contributed by atoms with Gasteiger partial charge in [0.15, 0.2) is 0 Å². The van der Waals surface area contributed by atoms with Gasteiger partial charge in [0.2, 0.25) is 11.2 Å². The lowest BCUT2D eigenvalue weighted by Gasteiger charge is -2.24. The maximum Gasteiger partial charge on any atom is 0.322 e. The van der Waals surface area contributed by atoms with E-state index in [-0.39, 0.29) is 5.28 Å². The van der Waals surface area contributed by atoms with Crippen molar-refractivity contribution >= 4 is 17.5 Å². The molecule has 1 aliphatic rings. The van der Waals surface area contributed by atoms with Crippen molar-refractivity contribution in [2.45, 2.75) is 39.5 Å². The SMILES string of the molecule is CCN(CC)c1nc(Cl)nc(OCCC2CCC2)n1. The lowest BCUT2D eigenvalue weighted by atomic mass is 9.83. The summed E-state index contributed by atoms with van der Waals surface area (Å²) in [5.41, 5.74) is 0. The molecule has 0 aliphatic heterocycles. The van der Waals surface area contributed by atoms with Crippen LogP contribution in [0.1, 0.15) is 39.5 Å². The van der Waals surface area contributed by atoms with Gasteiger partial charge in [-0.15, -0.1) is 0 Å². The number of hydrogen-bond acceptors (Lipinski definition) is 5. The van der Waals surface area contributed by atoms with Gasteiger partial charge in [0, 0.05) is 13.1 Å². The summed E-state index contributed by atoms with van der Waals surface area (Å²) >= 11 is 5.92. The zero-order valence-electron chi connectivity index (χ0n) is 11.6. The van der Waals surface area contributed by atoms with E-state index in [1.165, 1.54) is 19.3 Å². The van der Waals surface area contributed by atoms with Crippen molar-refractivity contribution in [1.29, 1.82) is 0 Å². The molecule has 1 aromatic heterocycles. The first-order chi connectivity index (χ1) is 9.22. The minimum absolute atomic E-state index is 0.190. The molecule has 6 heteroatoms. The standard InChI is InChI=1S/C13H21ClN4O/c1-3-18(4-2)12-15-11(14)16-13(17-12)19-9-8-10-6-5-7-10/h10H,3-9H2,1-2H3. The van der Waals surface area contributed by atoms with Crippen molar-refractivity contribution in [3.63, 3.8) is 0 Å². The first-order valence-corrected chi connectivity index (χ1v) is 7.40. The molecule has 0 saturated heterocycles. The van der Waals surface area contributed by atoms with Crippen LogP contribution in [0, 0.1) is 5.92 Å². The van der Waals surface area contributed by atoms with Crippen LogP contribution in [0.5, 0.6) is 6.01 Å². The highest BCUT2D eigenvalue weighted by molar-refractivity contribution is 6.28. The summed E-state index contributed by atoms with van der Waals surface area (Å²) in [6, 6.07) is 0.334. The molecule has 0 N–H and O–H groups in total. The second kappa shape index (κ2) is 6.89. The minimum atomic E-state index is 0.190. The summed E-state index contributed by atoms with van der Waals surface area (Å²) in [5, 5.41) is 0.190. The molecule has 1 fully saturated rings. The largest absolute Gasteiger partial charge is 0.463 e. The van der Waals surface area contributed by atoms with Crippen LogP contribution in [0.25, 0.3) is 0 Å². The molecule has 0 amide bonds. The van der Waals surface area contributed by atoms with Gasteiger partial charge in [-0.2, -0.15) is 15.0 Å². The number of aromatic nitrogens is 3. The lowest BCUT2D eigenvalue weighted by Crippen LogP contribution is -2.24. The van der Waals surface area contributed by atoms with Gasteiger partial charge in [0.1, 0.15) is 0 Å². The molecule has 1 aromatic rings. The predicted molar refractivity (Wildman–Crippen MR) is 75.9 cm³/mol. The monoisotopic (exact) mass is 284 g/mol. The first-order valence-electron chi connectivity index (χ1n) is 7.02. The third-order valence-corrected chi connectivity index (χ3v) is 3.77. The maximum atomic E-state index is 5.92. The van der Waals surface area contributed by atoms with E-state index in [4.69, 9.17) is 16.3 Å². The molecule has 0 unspecified atom stereocenters. The normalized spacial score (nSPS) is 15.1. The van der Waals surface area contributed by atoms with Crippen LogP contribution in [0.3, 0.4) is 0 Å². The van der Waals surface area contributed by atoms with Crippen LogP contribution >= 0.6 is 11.6 Å². The van der Waals surface area contributed by atoms with E-state index in [0.29, 0.717) is 18.6 Å². The average Bonchev–Trinajstić information content (AvgIpc) is 2.33. The highest BCUT2D eigenvalue weighted by Crippen LogP contribution is 2.29. The molecule has 0 bridgehead atoms. The van der Waals surface area contributed by atoms with Gasteiger partial charge in [-0.05, 0) is 37.8 Å². The third kappa shape index (κ3) is 3.93. The quantitative estimate of drug-likeness (QED) is 0.770. The topological polar surface area (TPSA) is 51.1 Å². The Morgan fingerprint density at radius 2 is 1.95 bits per heavy atom. The van der Waals surface area contributed by atoms with Crippen LogP contribution in [0.2, 0.25) is 5.28 Å². The Bertz CT molecular complexity index is 408. The number of halogens is 1. The molecule has 19 heavy (non-hydrogen) atoms. The Morgan fingerprint density at radius 1 is 1.21 bits per heavy atom. The van der Waals surface area contributed by atoms with Gasteiger partial charge in [-0.1, -0.05) is 19.3 Å². The van der Waals surface area contributed by atoms with Gasteiger partial charge in [0.25, 0.3) is 0 Å². The number of anilines is 1. The Hall–Kier alpha value is -1.10. The fraction of sp³-hybridized carbons (Fsp3) is 0.769. The zero-order chi connectivity index (χ0) is 13.7. The molecular formula is C13H21ClN4O. The molecule has 106 valence electrons. The molecular weight excluding hydrogens is 264 g/mol. The molecule has 0 aromatic carbocycles. The number of hydrogen-bond donors (Lipinski definition) is 0.